The number of hydrogen-bond acceptors (Lipinski definition) is 5. The maximum absolute atomic E-state index is 13.0. The van der Waals surface area contributed by atoms with Crippen molar-refractivity contribution in [1.82, 2.24) is 23.6 Å². The number of carbonyl (C=O) groups is 1. The van der Waals surface area contributed by atoms with Gasteiger partial charge in [-0.3, -0.25) is 23.3 Å². The predicted octanol–water partition coefficient (Wildman–Crippen LogP) is 0.853. The molecule has 10 heteroatoms. The summed E-state index contributed by atoms with van der Waals surface area (Å²) in [6.45, 7) is 4.79. The molecule has 2 aromatic heterocycles. The average molecular weight is 475 g/mol. The zero-order valence-corrected chi connectivity index (χ0v) is 18.7. The first-order valence-electron chi connectivity index (χ1n) is 9.69. The van der Waals surface area contributed by atoms with Crippen LogP contribution < -0.4 is 16.1 Å². The lowest BCUT2D eigenvalue weighted by Gasteiger charge is -2.36. The fraction of sp³-hybridized carbons (Fsp3) is 0.400. The summed E-state index contributed by atoms with van der Waals surface area (Å²) in [4.78, 5) is 46.0. The van der Waals surface area contributed by atoms with E-state index in [0.29, 0.717) is 23.5 Å². The Morgan fingerprint density at radius 2 is 1.80 bits per heavy atom. The van der Waals surface area contributed by atoms with Crippen LogP contribution in [-0.2, 0) is 25.4 Å². The number of anilines is 1. The number of aryl methyl sites for hydroxylation is 2. The molecular formula is C20H23BrN6O3. The van der Waals surface area contributed by atoms with Crippen molar-refractivity contribution in [3.05, 3.63) is 55.4 Å². The number of rotatable bonds is 3. The molecule has 30 heavy (non-hydrogen) atoms. The molecule has 3 heterocycles. The molecule has 0 N–H and O–H groups in total. The zero-order valence-electron chi connectivity index (χ0n) is 17.1. The van der Waals surface area contributed by atoms with Gasteiger partial charge in [0.15, 0.2) is 15.9 Å². The molecule has 1 fully saturated rings. The lowest BCUT2D eigenvalue weighted by atomic mass is 10.2. The molecule has 1 amide bonds. The largest absolute Gasteiger partial charge is 0.368 e. The number of hydrogen-bond donors (Lipinski definition) is 0. The van der Waals surface area contributed by atoms with Crippen LogP contribution in [0.2, 0.25) is 0 Å². The molecule has 158 valence electrons. The lowest BCUT2D eigenvalue weighted by Crippen LogP contribution is -2.49. The maximum Gasteiger partial charge on any atom is 0.332 e. The van der Waals surface area contributed by atoms with Gasteiger partial charge in [-0.2, -0.15) is 0 Å². The zero-order chi connectivity index (χ0) is 21.6. The predicted molar refractivity (Wildman–Crippen MR) is 118 cm³/mol. The molecule has 9 nitrogen and oxygen atoms in total. The van der Waals surface area contributed by atoms with Gasteiger partial charge in [-0.15, -0.1) is 0 Å². The highest BCUT2D eigenvalue weighted by atomic mass is 79.9. The Bertz CT molecular complexity index is 1250. The van der Waals surface area contributed by atoms with Crippen LogP contribution in [0, 0.1) is 6.92 Å². The van der Waals surface area contributed by atoms with E-state index >= 15 is 0 Å². The van der Waals surface area contributed by atoms with Crippen molar-refractivity contribution in [2.24, 2.45) is 14.1 Å². The van der Waals surface area contributed by atoms with Crippen molar-refractivity contribution in [1.29, 1.82) is 0 Å². The van der Waals surface area contributed by atoms with Crippen LogP contribution >= 0.6 is 15.9 Å². The topological polar surface area (TPSA) is 85.4 Å². The van der Waals surface area contributed by atoms with Crippen LogP contribution in [0.4, 0.5) is 5.69 Å². The van der Waals surface area contributed by atoms with E-state index in [0.717, 1.165) is 23.3 Å². The first-order chi connectivity index (χ1) is 14.3. The summed E-state index contributed by atoms with van der Waals surface area (Å²) >= 11 is 3.34. The fourth-order valence-electron chi connectivity index (χ4n) is 3.88. The minimum absolute atomic E-state index is 0.00196. The number of fused-ring (bicyclic) bond motifs is 1. The minimum atomic E-state index is -0.480. The normalized spacial score (nSPS) is 14.5. The van der Waals surface area contributed by atoms with Gasteiger partial charge >= 0.3 is 5.69 Å². The number of imidazole rings is 1. The summed E-state index contributed by atoms with van der Waals surface area (Å²) in [6, 6.07) is 8.34. The van der Waals surface area contributed by atoms with E-state index in [-0.39, 0.29) is 18.0 Å². The van der Waals surface area contributed by atoms with E-state index in [1.807, 2.05) is 11.0 Å². The summed E-state index contributed by atoms with van der Waals surface area (Å²) in [5, 5.41) is 0. The van der Waals surface area contributed by atoms with Crippen molar-refractivity contribution in [2.75, 3.05) is 31.1 Å². The molecule has 0 aliphatic carbocycles. The van der Waals surface area contributed by atoms with Gasteiger partial charge in [0.2, 0.25) is 5.91 Å². The van der Waals surface area contributed by atoms with E-state index in [4.69, 9.17) is 0 Å². The van der Waals surface area contributed by atoms with E-state index in [9.17, 15) is 14.4 Å². The first-order valence-corrected chi connectivity index (χ1v) is 10.5. The van der Waals surface area contributed by atoms with Gasteiger partial charge in [0.1, 0.15) is 6.54 Å². The highest BCUT2D eigenvalue weighted by Crippen LogP contribution is 2.19. The third-order valence-corrected chi connectivity index (χ3v) is 6.19. The second kappa shape index (κ2) is 7.75. The second-order valence-electron chi connectivity index (χ2n) is 7.55. The SMILES string of the molecule is Cc1cccc(N2CCN(C(=O)Cn3c(Br)nc4c(=O)n(C)c(=O)n(C)c43)CC2)c1. The Balaban J connectivity index is 1.54. The van der Waals surface area contributed by atoms with E-state index in [1.54, 1.807) is 11.6 Å². The Hall–Kier alpha value is -2.88. The van der Waals surface area contributed by atoms with Crippen molar-refractivity contribution >= 4 is 38.7 Å². The smallest absolute Gasteiger partial charge is 0.332 e. The van der Waals surface area contributed by atoms with Crippen LogP contribution in [0.1, 0.15) is 5.56 Å². The molecule has 1 aliphatic heterocycles. The van der Waals surface area contributed by atoms with Gasteiger partial charge in [-0.1, -0.05) is 12.1 Å². The molecule has 0 spiro atoms. The maximum atomic E-state index is 13.0. The van der Waals surface area contributed by atoms with Gasteiger partial charge in [0, 0.05) is 46.0 Å². The Morgan fingerprint density at radius 3 is 2.47 bits per heavy atom. The monoisotopic (exact) mass is 474 g/mol. The summed E-state index contributed by atoms with van der Waals surface area (Å²) in [5.74, 6) is -0.0768. The third kappa shape index (κ3) is 3.45. The molecule has 0 atom stereocenters. The van der Waals surface area contributed by atoms with Gasteiger partial charge in [-0.05, 0) is 40.5 Å². The molecule has 1 aliphatic rings. The number of aromatic nitrogens is 4. The van der Waals surface area contributed by atoms with Crippen molar-refractivity contribution in [3.8, 4) is 0 Å². The average Bonchev–Trinajstić information content (AvgIpc) is 3.07. The molecular weight excluding hydrogens is 452 g/mol. The fourth-order valence-corrected chi connectivity index (χ4v) is 4.35. The summed E-state index contributed by atoms with van der Waals surface area (Å²) in [7, 11) is 2.98. The van der Waals surface area contributed by atoms with Crippen LogP contribution in [0.15, 0.2) is 38.6 Å². The van der Waals surface area contributed by atoms with Gasteiger partial charge in [0.05, 0.1) is 0 Å². The summed E-state index contributed by atoms with van der Waals surface area (Å²) < 4.78 is 4.28. The third-order valence-electron chi connectivity index (χ3n) is 5.59. The van der Waals surface area contributed by atoms with Crippen molar-refractivity contribution < 1.29 is 4.79 Å². The Labute approximate surface area is 181 Å². The highest BCUT2D eigenvalue weighted by Gasteiger charge is 2.24. The van der Waals surface area contributed by atoms with Crippen molar-refractivity contribution in [3.63, 3.8) is 0 Å². The lowest BCUT2D eigenvalue weighted by molar-refractivity contribution is -0.132. The Kier molecular flexibility index (Phi) is 5.27. The van der Waals surface area contributed by atoms with Crippen LogP contribution in [0.3, 0.4) is 0 Å². The number of amides is 1. The number of benzene rings is 1. The van der Waals surface area contributed by atoms with Crippen LogP contribution in [0.5, 0.6) is 0 Å². The molecule has 0 saturated carbocycles. The quantitative estimate of drug-likeness (QED) is 0.525. The number of nitrogens with zero attached hydrogens (tertiary/aromatic N) is 6. The number of piperazine rings is 1. The first kappa shape index (κ1) is 20.4. The number of carbonyl (C=O) groups excluding carboxylic acids is 1. The van der Waals surface area contributed by atoms with Crippen LogP contribution in [-0.4, -0.2) is 55.7 Å². The molecule has 1 saturated heterocycles. The van der Waals surface area contributed by atoms with Gasteiger partial charge in [-0.25, -0.2) is 9.78 Å². The standard InChI is InChI=1S/C20H23BrN6O3/c1-13-5-4-6-14(11-13)25-7-9-26(10-8-25)15(28)12-27-17-16(22-19(27)21)18(29)24(3)20(30)23(17)2/h4-6,11H,7-10,12H2,1-3H3. The van der Waals surface area contributed by atoms with Gasteiger partial charge < -0.3 is 9.80 Å². The van der Waals surface area contributed by atoms with E-state index in [2.05, 4.69) is 50.9 Å². The second-order valence-corrected chi connectivity index (χ2v) is 8.26. The van der Waals surface area contributed by atoms with E-state index in [1.165, 1.54) is 17.2 Å². The molecule has 0 bridgehead atoms. The molecule has 4 rings (SSSR count). The molecule has 0 radical (unpaired) electrons. The van der Waals surface area contributed by atoms with Gasteiger partial charge in [0.25, 0.3) is 5.56 Å². The highest BCUT2D eigenvalue weighted by molar-refractivity contribution is 9.10. The summed E-state index contributed by atoms with van der Waals surface area (Å²) in [6.07, 6.45) is 0. The Morgan fingerprint density at radius 1 is 1.10 bits per heavy atom. The number of halogens is 1. The van der Waals surface area contributed by atoms with Crippen molar-refractivity contribution in [2.45, 2.75) is 13.5 Å². The molecule has 3 aromatic rings. The van der Waals surface area contributed by atoms with Crippen LogP contribution in [0.25, 0.3) is 11.2 Å². The summed E-state index contributed by atoms with van der Waals surface area (Å²) in [5.41, 5.74) is 1.92. The minimum Gasteiger partial charge on any atom is -0.368 e. The molecule has 1 aromatic carbocycles. The molecule has 0 unspecified atom stereocenters. The van der Waals surface area contributed by atoms with E-state index < -0.39 is 11.2 Å².